The van der Waals surface area contributed by atoms with Crippen LogP contribution in [0.4, 0.5) is 13.2 Å². The van der Waals surface area contributed by atoms with Crippen molar-refractivity contribution >= 4 is 0 Å². The first kappa shape index (κ1) is 13.1. The fraction of sp³-hybridized carbons (Fsp3) is 0.600. The Kier molecular flexibility index (Phi) is 6.08. The third-order valence-corrected chi connectivity index (χ3v) is 1.52. The minimum Gasteiger partial charge on any atom is -0.406 e. The Morgan fingerprint density at radius 1 is 1.36 bits per heavy atom. The molecule has 0 bridgehead atoms. The van der Waals surface area contributed by atoms with E-state index in [1.165, 1.54) is 19.1 Å². The summed E-state index contributed by atoms with van der Waals surface area (Å²) < 4.78 is 39.1. The first-order valence-electron chi connectivity index (χ1n) is 4.58. The van der Waals surface area contributed by atoms with Crippen LogP contribution in [0.3, 0.4) is 0 Å². The normalized spacial score (nSPS) is 13.6. The molecule has 0 N–H and O–H groups in total. The van der Waals surface area contributed by atoms with Crippen molar-refractivity contribution in [1.29, 1.82) is 0 Å². The molecule has 0 aliphatic heterocycles. The Balaban J connectivity index is 3.99. The van der Waals surface area contributed by atoms with Crippen LogP contribution >= 0.6 is 0 Å². The average molecular weight is 208 g/mol. The van der Waals surface area contributed by atoms with E-state index < -0.39 is 6.36 Å². The summed E-state index contributed by atoms with van der Waals surface area (Å²) in [6.45, 7) is 3.53. The molecule has 82 valence electrons. The quantitative estimate of drug-likeness (QED) is 0.374. The van der Waals surface area contributed by atoms with Crippen molar-refractivity contribution in [2.75, 3.05) is 0 Å². The van der Waals surface area contributed by atoms with Crippen molar-refractivity contribution in [3.8, 4) is 0 Å². The number of ether oxygens (including phenoxy) is 1. The minimum atomic E-state index is -4.60. The summed E-state index contributed by atoms with van der Waals surface area (Å²) in [5.74, 6) is -0.159. The maximum absolute atomic E-state index is 11.8. The lowest BCUT2D eigenvalue weighted by molar-refractivity contribution is -0.303. The Labute approximate surface area is 82.3 Å². The van der Waals surface area contributed by atoms with Crippen molar-refractivity contribution in [2.45, 2.75) is 39.5 Å². The van der Waals surface area contributed by atoms with E-state index in [0.717, 1.165) is 19.3 Å². The highest BCUT2D eigenvalue weighted by molar-refractivity contribution is 5.10. The van der Waals surface area contributed by atoms with E-state index in [0.29, 0.717) is 0 Å². The largest absolute Gasteiger partial charge is 0.573 e. The number of alkyl halides is 3. The molecule has 0 atom stereocenters. The zero-order valence-electron chi connectivity index (χ0n) is 8.40. The van der Waals surface area contributed by atoms with Crippen LogP contribution in [-0.2, 0) is 4.74 Å². The summed E-state index contributed by atoms with van der Waals surface area (Å²) in [6.07, 6.45) is 2.49. The van der Waals surface area contributed by atoms with Gasteiger partial charge in [-0.25, -0.2) is 0 Å². The monoisotopic (exact) mass is 208 g/mol. The minimum absolute atomic E-state index is 0.159. The lowest BCUT2D eigenvalue weighted by Gasteiger charge is -2.08. The Morgan fingerprint density at radius 2 is 2.00 bits per heavy atom. The average Bonchev–Trinajstić information content (AvgIpc) is 2.08. The number of rotatable bonds is 5. The van der Waals surface area contributed by atoms with Crippen molar-refractivity contribution in [1.82, 2.24) is 0 Å². The fourth-order valence-electron chi connectivity index (χ4n) is 0.844. The van der Waals surface area contributed by atoms with Crippen molar-refractivity contribution < 1.29 is 17.9 Å². The lowest BCUT2D eigenvalue weighted by atomic mass is 10.2. The predicted molar refractivity (Wildman–Crippen MR) is 49.6 cm³/mol. The van der Waals surface area contributed by atoms with Gasteiger partial charge in [0.2, 0.25) is 0 Å². The van der Waals surface area contributed by atoms with Crippen molar-refractivity contribution in [3.05, 3.63) is 24.0 Å². The number of halogens is 3. The van der Waals surface area contributed by atoms with Crippen LogP contribution in [0.1, 0.15) is 33.1 Å². The molecular weight excluding hydrogens is 193 g/mol. The molecule has 0 aliphatic rings. The predicted octanol–water partition coefficient (Wildman–Crippen LogP) is 4.17. The molecule has 0 aromatic carbocycles. The molecular formula is C10H15F3O. The smallest absolute Gasteiger partial charge is 0.406 e. The molecule has 0 radical (unpaired) electrons. The van der Waals surface area contributed by atoms with E-state index in [1.54, 1.807) is 6.08 Å². The second kappa shape index (κ2) is 6.51. The SMILES string of the molecule is CC=C(C=CCCCC)OC(F)(F)F. The maximum atomic E-state index is 11.8. The van der Waals surface area contributed by atoms with Crippen LogP contribution in [0.25, 0.3) is 0 Å². The molecule has 1 nitrogen and oxygen atoms in total. The van der Waals surface area contributed by atoms with Crippen LogP contribution in [0, 0.1) is 0 Å². The highest BCUT2D eigenvalue weighted by Crippen LogP contribution is 2.21. The number of hydrogen-bond acceptors (Lipinski definition) is 1. The van der Waals surface area contributed by atoms with Gasteiger partial charge in [0.05, 0.1) is 0 Å². The van der Waals surface area contributed by atoms with Gasteiger partial charge < -0.3 is 4.74 Å². The topological polar surface area (TPSA) is 9.23 Å². The zero-order valence-corrected chi connectivity index (χ0v) is 8.40. The molecule has 0 fully saturated rings. The molecule has 0 aliphatic carbocycles. The molecule has 0 saturated carbocycles. The zero-order chi connectivity index (χ0) is 11.0. The van der Waals surface area contributed by atoms with Crippen LogP contribution in [-0.4, -0.2) is 6.36 Å². The maximum Gasteiger partial charge on any atom is 0.573 e. The van der Waals surface area contributed by atoms with Gasteiger partial charge in [-0.05, 0) is 25.5 Å². The summed E-state index contributed by atoms with van der Waals surface area (Å²) in [5, 5.41) is 0. The van der Waals surface area contributed by atoms with Gasteiger partial charge in [0, 0.05) is 0 Å². The third kappa shape index (κ3) is 7.71. The number of hydrogen-bond donors (Lipinski definition) is 0. The van der Waals surface area contributed by atoms with Crippen molar-refractivity contribution in [3.63, 3.8) is 0 Å². The summed E-state index contributed by atoms with van der Waals surface area (Å²) in [5.41, 5.74) is 0. The van der Waals surface area contributed by atoms with E-state index in [4.69, 9.17) is 0 Å². The van der Waals surface area contributed by atoms with E-state index >= 15 is 0 Å². The molecule has 0 aromatic heterocycles. The van der Waals surface area contributed by atoms with E-state index in [2.05, 4.69) is 4.74 Å². The van der Waals surface area contributed by atoms with Gasteiger partial charge >= 0.3 is 6.36 Å². The summed E-state index contributed by atoms with van der Waals surface area (Å²) in [7, 11) is 0. The van der Waals surface area contributed by atoms with Crippen LogP contribution in [0.5, 0.6) is 0 Å². The molecule has 14 heavy (non-hydrogen) atoms. The molecule has 4 heteroatoms. The number of unbranched alkanes of at least 4 members (excludes halogenated alkanes) is 2. The second-order valence-electron chi connectivity index (χ2n) is 2.78. The first-order valence-corrected chi connectivity index (χ1v) is 4.58. The first-order chi connectivity index (χ1) is 6.49. The van der Waals surface area contributed by atoms with Gasteiger partial charge in [-0.1, -0.05) is 25.8 Å². The molecule has 0 aromatic rings. The fourth-order valence-corrected chi connectivity index (χ4v) is 0.844. The van der Waals surface area contributed by atoms with Crippen molar-refractivity contribution in [2.24, 2.45) is 0 Å². The Hall–Kier alpha value is -0.930. The second-order valence-corrected chi connectivity index (χ2v) is 2.78. The summed E-state index contributed by atoms with van der Waals surface area (Å²) in [4.78, 5) is 0. The molecule has 0 rings (SSSR count). The Morgan fingerprint density at radius 3 is 2.43 bits per heavy atom. The van der Waals surface area contributed by atoms with E-state index in [1.807, 2.05) is 6.92 Å². The molecule has 0 heterocycles. The highest BCUT2D eigenvalue weighted by atomic mass is 19.4. The van der Waals surface area contributed by atoms with Gasteiger partial charge in [-0.15, -0.1) is 13.2 Å². The van der Waals surface area contributed by atoms with Gasteiger partial charge in [-0.3, -0.25) is 0 Å². The highest BCUT2D eigenvalue weighted by Gasteiger charge is 2.31. The van der Waals surface area contributed by atoms with Crippen LogP contribution < -0.4 is 0 Å². The molecule has 0 saturated heterocycles. The molecule has 0 spiro atoms. The third-order valence-electron chi connectivity index (χ3n) is 1.52. The standard InChI is InChI=1S/C10H15F3O/c1-3-5-6-7-8-9(4-2)14-10(11,12)13/h4,7-8H,3,5-6H2,1-2H3. The van der Waals surface area contributed by atoms with Gasteiger partial charge in [0.15, 0.2) is 0 Å². The lowest BCUT2D eigenvalue weighted by Crippen LogP contribution is -2.11. The van der Waals surface area contributed by atoms with E-state index in [-0.39, 0.29) is 5.76 Å². The van der Waals surface area contributed by atoms with Crippen LogP contribution in [0.15, 0.2) is 24.0 Å². The number of allylic oxidation sites excluding steroid dienone is 3. The molecule has 0 amide bonds. The van der Waals surface area contributed by atoms with Gasteiger partial charge in [0.25, 0.3) is 0 Å². The molecule has 0 unspecified atom stereocenters. The summed E-state index contributed by atoms with van der Waals surface area (Å²) in [6, 6.07) is 0. The Bertz CT molecular complexity index is 204. The summed E-state index contributed by atoms with van der Waals surface area (Å²) >= 11 is 0. The van der Waals surface area contributed by atoms with Crippen LogP contribution in [0.2, 0.25) is 0 Å². The van der Waals surface area contributed by atoms with Gasteiger partial charge in [0.1, 0.15) is 5.76 Å². The van der Waals surface area contributed by atoms with E-state index in [9.17, 15) is 13.2 Å². The van der Waals surface area contributed by atoms with Gasteiger partial charge in [-0.2, -0.15) is 0 Å².